The van der Waals surface area contributed by atoms with Crippen LogP contribution in [0.3, 0.4) is 0 Å². The zero-order valence-corrected chi connectivity index (χ0v) is 12.6. The van der Waals surface area contributed by atoms with Crippen molar-refractivity contribution in [3.63, 3.8) is 0 Å². The van der Waals surface area contributed by atoms with Crippen molar-refractivity contribution in [3.8, 4) is 0 Å². The lowest BCUT2D eigenvalue weighted by molar-refractivity contribution is 0.0698. The van der Waals surface area contributed by atoms with Gasteiger partial charge in [0.15, 0.2) is 0 Å². The van der Waals surface area contributed by atoms with Crippen LogP contribution in [0.4, 0.5) is 0 Å². The highest BCUT2D eigenvalue weighted by atomic mass is 32.2. The molecule has 0 atom stereocenters. The molecule has 6 nitrogen and oxygen atoms in total. The molecule has 0 bridgehead atoms. The fourth-order valence-corrected chi connectivity index (χ4v) is 5.00. The van der Waals surface area contributed by atoms with Crippen LogP contribution in [0, 0.1) is 0 Å². The molecule has 2 aromatic rings. The van der Waals surface area contributed by atoms with Crippen LogP contribution in [0.5, 0.6) is 0 Å². The van der Waals surface area contributed by atoms with E-state index in [0.29, 0.717) is 5.76 Å². The third kappa shape index (κ3) is 2.74. The van der Waals surface area contributed by atoms with Crippen molar-refractivity contribution in [1.82, 2.24) is 4.31 Å². The summed E-state index contributed by atoms with van der Waals surface area (Å²) < 4.78 is 32.1. The van der Waals surface area contributed by atoms with Crippen LogP contribution >= 0.6 is 11.3 Å². The van der Waals surface area contributed by atoms with Crippen molar-refractivity contribution in [1.29, 1.82) is 0 Å². The number of rotatable bonds is 6. The maximum absolute atomic E-state index is 12.8. The maximum Gasteiger partial charge on any atom is 0.347 e. The Morgan fingerprint density at radius 2 is 2.19 bits per heavy atom. The maximum atomic E-state index is 12.8. The number of furan rings is 1. The molecule has 1 N–H and O–H groups in total. The van der Waals surface area contributed by atoms with E-state index in [9.17, 15) is 13.2 Å². The van der Waals surface area contributed by atoms with Gasteiger partial charge in [0.1, 0.15) is 15.5 Å². The van der Waals surface area contributed by atoms with E-state index in [1.807, 2.05) is 0 Å². The Kier molecular flexibility index (Phi) is 3.60. The van der Waals surface area contributed by atoms with Gasteiger partial charge in [-0.3, -0.25) is 0 Å². The first kappa shape index (κ1) is 14.3. The Labute approximate surface area is 125 Å². The zero-order chi connectivity index (χ0) is 15.0. The van der Waals surface area contributed by atoms with E-state index in [1.54, 1.807) is 12.1 Å². The van der Waals surface area contributed by atoms with Gasteiger partial charge >= 0.3 is 5.97 Å². The van der Waals surface area contributed by atoms with E-state index in [-0.39, 0.29) is 22.4 Å². The minimum absolute atomic E-state index is 0.0818. The zero-order valence-electron chi connectivity index (χ0n) is 10.9. The van der Waals surface area contributed by atoms with E-state index in [0.717, 1.165) is 24.2 Å². The molecule has 0 spiro atoms. The van der Waals surface area contributed by atoms with Gasteiger partial charge in [0.2, 0.25) is 10.0 Å². The summed E-state index contributed by atoms with van der Waals surface area (Å²) in [5.74, 6) is -0.685. The number of carboxylic acids is 1. The highest BCUT2D eigenvalue weighted by Crippen LogP contribution is 2.35. The Morgan fingerprint density at radius 1 is 1.43 bits per heavy atom. The smallest absolute Gasteiger partial charge is 0.347 e. The lowest BCUT2D eigenvalue weighted by atomic mass is 10.4. The molecular formula is C13H13NO5S2. The molecule has 21 heavy (non-hydrogen) atoms. The minimum Gasteiger partial charge on any atom is -0.477 e. The number of hydrogen-bond donors (Lipinski definition) is 1. The van der Waals surface area contributed by atoms with Crippen LogP contribution in [-0.2, 0) is 16.6 Å². The van der Waals surface area contributed by atoms with E-state index < -0.39 is 16.0 Å². The van der Waals surface area contributed by atoms with Gasteiger partial charge in [-0.2, -0.15) is 4.31 Å². The van der Waals surface area contributed by atoms with Crippen molar-refractivity contribution in [2.45, 2.75) is 30.3 Å². The SMILES string of the molecule is O=C(O)c1sccc1S(=O)(=O)N(Cc1ccco1)C1CC1. The summed E-state index contributed by atoms with van der Waals surface area (Å²) in [6.45, 7) is 0.120. The molecule has 1 aliphatic rings. The number of hydrogen-bond acceptors (Lipinski definition) is 5. The second-order valence-corrected chi connectivity index (χ2v) is 7.56. The van der Waals surface area contributed by atoms with Crippen LogP contribution in [0.1, 0.15) is 28.3 Å². The molecule has 0 radical (unpaired) electrons. The van der Waals surface area contributed by atoms with Crippen molar-refractivity contribution in [3.05, 3.63) is 40.5 Å². The fourth-order valence-electron chi connectivity index (χ4n) is 2.11. The van der Waals surface area contributed by atoms with Gasteiger partial charge in [0.25, 0.3) is 0 Å². The van der Waals surface area contributed by atoms with E-state index in [2.05, 4.69) is 0 Å². The highest BCUT2D eigenvalue weighted by Gasteiger charge is 2.40. The van der Waals surface area contributed by atoms with Gasteiger partial charge in [0.05, 0.1) is 12.8 Å². The Hall–Kier alpha value is -1.64. The predicted octanol–water partition coefficient (Wildman–Crippen LogP) is 2.39. The molecule has 2 heterocycles. The van der Waals surface area contributed by atoms with Crippen LogP contribution < -0.4 is 0 Å². The monoisotopic (exact) mass is 327 g/mol. The van der Waals surface area contributed by atoms with Crippen LogP contribution in [0.15, 0.2) is 39.2 Å². The van der Waals surface area contributed by atoms with Gasteiger partial charge in [0, 0.05) is 6.04 Å². The first-order chi connectivity index (χ1) is 10.00. The summed E-state index contributed by atoms with van der Waals surface area (Å²) >= 11 is 0.913. The summed E-state index contributed by atoms with van der Waals surface area (Å²) in [7, 11) is -3.84. The molecule has 2 aromatic heterocycles. The normalized spacial score (nSPS) is 15.5. The predicted molar refractivity (Wildman–Crippen MR) is 75.7 cm³/mol. The lowest BCUT2D eigenvalue weighted by Gasteiger charge is -2.20. The number of nitrogens with zero attached hydrogens (tertiary/aromatic N) is 1. The molecule has 8 heteroatoms. The second kappa shape index (κ2) is 5.28. The van der Waals surface area contributed by atoms with Gasteiger partial charge in [-0.25, -0.2) is 13.2 Å². The number of thiophene rings is 1. The Balaban J connectivity index is 1.97. The number of aromatic carboxylic acids is 1. The third-order valence-electron chi connectivity index (χ3n) is 3.26. The van der Waals surface area contributed by atoms with Gasteiger partial charge in [-0.1, -0.05) is 0 Å². The fraction of sp³-hybridized carbons (Fsp3) is 0.308. The second-order valence-electron chi connectivity index (χ2n) is 4.78. The largest absolute Gasteiger partial charge is 0.477 e. The average molecular weight is 327 g/mol. The van der Waals surface area contributed by atoms with Gasteiger partial charge in [-0.05, 0) is 36.4 Å². The van der Waals surface area contributed by atoms with E-state index in [1.165, 1.54) is 22.0 Å². The molecule has 0 unspecified atom stereocenters. The molecule has 0 aliphatic heterocycles. The molecule has 0 amide bonds. The van der Waals surface area contributed by atoms with Crippen LogP contribution in [-0.4, -0.2) is 29.8 Å². The molecule has 0 saturated heterocycles. The van der Waals surface area contributed by atoms with E-state index >= 15 is 0 Å². The van der Waals surface area contributed by atoms with Crippen molar-refractivity contribution >= 4 is 27.3 Å². The highest BCUT2D eigenvalue weighted by molar-refractivity contribution is 7.89. The van der Waals surface area contributed by atoms with Crippen molar-refractivity contribution < 1.29 is 22.7 Å². The third-order valence-corrected chi connectivity index (χ3v) is 6.23. The first-order valence-electron chi connectivity index (χ1n) is 6.35. The van der Waals surface area contributed by atoms with E-state index in [4.69, 9.17) is 9.52 Å². The summed E-state index contributed by atoms with van der Waals surface area (Å²) in [5, 5.41) is 10.6. The van der Waals surface area contributed by atoms with Crippen molar-refractivity contribution in [2.24, 2.45) is 0 Å². The molecule has 0 aromatic carbocycles. The molecule has 1 saturated carbocycles. The van der Waals surface area contributed by atoms with Gasteiger partial charge in [-0.15, -0.1) is 11.3 Å². The molecular weight excluding hydrogens is 314 g/mol. The molecule has 3 rings (SSSR count). The Morgan fingerprint density at radius 3 is 2.76 bits per heavy atom. The van der Waals surface area contributed by atoms with Crippen LogP contribution in [0.25, 0.3) is 0 Å². The molecule has 1 aliphatic carbocycles. The number of carbonyl (C=O) groups is 1. The standard InChI is InChI=1S/C13H13NO5S2/c15-13(16)12-11(5-7-20-12)21(17,18)14(9-3-4-9)8-10-2-1-6-19-10/h1-2,5-7,9H,3-4,8H2,(H,15,16). The average Bonchev–Trinajstić information content (AvgIpc) is 2.95. The summed E-state index contributed by atoms with van der Waals surface area (Å²) in [4.78, 5) is 10.9. The first-order valence-corrected chi connectivity index (χ1v) is 8.67. The molecule has 112 valence electrons. The number of carboxylic acid groups (broad SMARTS) is 1. The lowest BCUT2D eigenvalue weighted by Crippen LogP contribution is -2.33. The minimum atomic E-state index is -3.84. The number of sulfonamides is 1. The van der Waals surface area contributed by atoms with Crippen molar-refractivity contribution in [2.75, 3.05) is 0 Å². The molecule has 1 fully saturated rings. The Bertz CT molecular complexity index is 743. The quantitative estimate of drug-likeness (QED) is 0.880. The van der Waals surface area contributed by atoms with Gasteiger partial charge < -0.3 is 9.52 Å². The summed E-state index contributed by atoms with van der Waals surface area (Å²) in [6, 6.07) is 4.67. The van der Waals surface area contributed by atoms with Crippen LogP contribution in [0.2, 0.25) is 0 Å². The topological polar surface area (TPSA) is 87.8 Å². The summed E-state index contributed by atoms with van der Waals surface area (Å²) in [5.41, 5.74) is 0. The summed E-state index contributed by atoms with van der Waals surface area (Å²) in [6.07, 6.45) is 3.05.